The van der Waals surface area contributed by atoms with E-state index in [-0.39, 0.29) is 29.5 Å². The maximum Gasteiger partial charge on any atom is 0.223 e. The van der Waals surface area contributed by atoms with Crippen LogP contribution in [0.3, 0.4) is 0 Å². The van der Waals surface area contributed by atoms with E-state index in [0.717, 1.165) is 37.1 Å². The topological polar surface area (TPSA) is 32.3 Å². The molecule has 1 heterocycles. The highest BCUT2D eigenvalue weighted by Gasteiger charge is 2.27. The Morgan fingerprint density at radius 3 is 2.44 bits per heavy atom. The van der Waals surface area contributed by atoms with Gasteiger partial charge < -0.3 is 5.32 Å². The molecule has 1 unspecified atom stereocenters. The van der Waals surface area contributed by atoms with Gasteiger partial charge in [-0.1, -0.05) is 24.3 Å². The Bertz CT molecular complexity index is 783. The lowest BCUT2D eigenvalue weighted by atomic mass is 9.93. The molecule has 1 aliphatic heterocycles. The Morgan fingerprint density at radius 1 is 1.15 bits per heavy atom. The van der Waals surface area contributed by atoms with Gasteiger partial charge in [0.05, 0.1) is 0 Å². The van der Waals surface area contributed by atoms with Crippen LogP contribution >= 0.6 is 0 Å². The maximum absolute atomic E-state index is 13.6. The molecule has 0 aliphatic carbocycles. The molecule has 0 spiro atoms. The van der Waals surface area contributed by atoms with Crippen LogP contribution < -0.4 is 5.32 Å². The quantitative estimate of drug-likeness (QED) is 0.846. The zero-order chi connectivity index (χ0) is 19.4. The van der Waals surface area contributed by atoms with Crippen LogP contribution in [0.2, 0.25) is 0 Å². The van der Waals surface area contributed by atoms with Crippen LogP contribution in [-0.4, -0.2) is 23.9 Å². The zero-order valence-corrected chi connectivity index (χ0v) is 15.8. The van der Waals surface area contributed by atoms with Crippen LogP contribution in [0.15, 0.2) is 42.5 Å². The third kappa shape index (κ3) is 4.92. The molecule has 3 nitrogen and oxygen atoms in total. The van der Waals surface area contributed by atoms with Gasteiger partial charge in [0, 0.05) is 18.5 Å². The first kappa shape index (κ1) is 19.5. The molecule has 5 heteroatoms. The summed E-state index contributed by atoms with van der Waals surface area (Å²) < 4.78 is 26.7. The molecule has 1 amide bonds. The summed E-state index contributed by atoms with van der Waals surface area (Å²) in [6, 6.07) is 11.9. The van der Waals surface area contributed by atoms with Crippen molar-refractivity contribution < 1.29 is 13.6 Å². The zero-order valence-electron chi connectivity index (χ0n) is 15.8. The van der Waals surface area contributed by atoms with Gasteiger partial charge in [0.25, 0.3) is 0 Å². The Balaban J connectivity index is 1.48. The van der Waals surface area contributed by atoms with Crippen molar-refractivity contribution in [3.63, 3.8) is 0 Å². The Labute approximate surface area is 159 Å². The fraction of sp³-hybridized carbons (Fsp3) is 0.409. The van der Waals surface area contributed by atoms with E-state index in [1.807, 2.05) is 18.2 Å². The van der Waals surface area contributed by atoms with Crippen molar-refractivity contribution in [2.45, 2.75) is 39.3 Å². The number of piperidine rings is 1. The second-order valence-corrected chi connectivity index (χ2v) is 7.34. The molecule has 0 aromatic heterocycles. The average molecular weight is 372 g/mol. The molecule has 1 aliphatic rings. The summed E-state index contributed by atoms with van der Waals surface area (Å²) in [7, 11) is 0. The standard InChI is InChI=1S/C22H26F2N2O/c1-15-3-4-17(13-21(15)24)14-25-22(27)19-9-11-26(12-10-19)16(2)18-5-7-20(23)8-6-18/h3-8,13,16,19H,9-12,14H2,1-2H3,(H,25,27). The highest BCUT2D eigenvalue weighted by molar-refractivity contribution is 5.78. The summed E-state index contributed by atoms with van der Waals surface area (Å²) in [6.45, 7) is 5.84. The molecule has 3 rings (SSSR count). The second-order valence-electron chi connectivity index (χ2n) is 7.34. The first-order valence-corrected chi connectivity index (χ1v) is 9.46. The molecule has 27 heavy (non-hydrogen) atoms. The molecule has 0 radical (unpaired) electrons. The molecule has 144 valence electrons. The third-order valence-corrected chi connectivity index (χ3v) is 5.50. The van der Waals surface area contributed by atoms with Crippen LogP contribution in [0.4, 0.5) is 8.78 Å². The third-order valence-electron chi connectivity index (χ3n) is 5.50. The Hall–Kier alpha value is -2.27. The first-order valence-electron chi connectivity index (χ1n) is 9.46. The smallest absolute Gasteiger partial charge is 0.223 e. The molecule has 1 fully saturated rings. The van der Waals surface area contributed by atoms with E-state index >= 15 is 0 Å². The van der Waals surface area contributed by atoms with E-state index in [2.05, 4.69) is 17.1 Å². The van der Waals surface area contributed by atoms with Crippen LogP contribution in [0.5, 0.6) is 0 Å². The van der Waals surface area contributed by atoms with Crippen LogP contribution in [-0.2, 0) is 11.3 Å². The normalized spacial score (nSPS) is 16.9. The number of halogens is 2. The van der Waals surface area contributed by atoms with Gasteiger partial charge in [0.1, 0.15) is 11.6 Å². The minimum absolute atomic E-state index is 0.0167. The highest BCUT2D eigenvalue weighted by Crippen LogP contribution is 2.27. The number of rotatable bonds is 5. The first-order chi connectivity index (χ1) is 12.9. The summed E-state index contributed by atoms with van der Waals surface area (Å²) in [5.41, 5.74) is 2.46. The predicted octanol–water partition coefficient (Wildman–Crippen LogP) is 4.36. The lowest BCUT2D eigenvalue weighted by Crippen LogP contribution is -2.41. The van der Waals surface area contributed by atoms with Gasteiger partial charge in [-0.2, -0.15) is 0 Å². The lowest BCUT2D eigenvalue weighted by Gasteiger charge is -2.35. The largest absolute Gasteiger partial charge is 0.352 e. The Kier molecular flexibility index (Phi) is 6.22. The number of likely N-dealkylation sites (tertiary alicyclic amines) is 1. The molecule has 0 saturated carbocycles. The van der Waals surface area contributed by atoms with E-state index < -0.39 is 0 Å². The molecular weight excluding hydrogens is 346 g/mol. The number of nitrogens with zero attached hydrogens (tertiary/aromatic N) is 1. The van der Waals surface area contributed by atoms with Crippen LogP contribution in [0.25, 0.3) is 0 Å². The highest BCUT2D eigenvalue weighted by atomic mass is 19.1. The second kappa shape index (κ2) is 8.61. The maximum atomic E-state index is 13.6. The van der Waals surface area contributed by atoms with Gasteiger partial charge in [-0.3, -0.25) is 9.69 Å². The molecule has 1 atom stereocenters. The minimum atomic E-state index is -0.246. The minimum Gasteiger partial charge on any atom is -0.352 e. The summed E-state index contributed by atoms with van der Waals surface area (Å²) in [5.74, 6) is -0.457. The molecule has 2 aromatic rings. The number of nitrogens with one attached hydrogen (secondary N) is 1. The van der Waals surface area contributed by atoms with Gasteiger partial charge in [-0.25, -0.2) is 8.78 Å². The number of benzene rings is 2. The summed E-state index contributed by atoms with van der Waals surface area (Å²) in [4.78, 5) is 14.8. The van der Waals surface area contributed by atoms with Crippen molar-refractivity contribution in [3.05, 3.63) is 70.8 Å². The number of carbonyl (C=O) groups is 1. The average Bonchev–Trinajstić information content (AvgIpc) is 2.69. The van der Waals surface area contributed by atoms with Crippen LogP contribution in [0, 0.1) is 24.5 Å². The predicted molar refractivity (Wildman–Crippen MR) is 102 cm³/mol. The molecular formula is C22H26F2N2O. The van der Waals surface area contributed by atoms with E-state index in [4.69, 9.17) is 0 Å². The van der Waals surface area contributed by atoms with Crippen molar-refractivity contribution >= 4 is 5.91 Å². The van der Waals surface area contributed by atoms with Gasteiger partial charge in [-0.15, -0.1) is 0 Å². The molecule has 2 aromatic carbocycles. The molecule has 1 N–H and O–H groups in total. The van der Waals surface area contributed by atoms with E-state index in [1.165, 1.54) is 18.2 Å². The monoisotopic (exact) mass is 372 g/mol. The van der Waals surface area contributed by atoms with Crippen molar-refractivity contribution in [1.82, 2.24) is 10.2 Å². The van der Waals surface area contributed by atoms with Gasteiger partial charge in [0.15, 0.2) is 0 Å². The van der Waals surface area contributed by atoms with E-state index in [9.17, 15) is 13.6 Å². The van der Waals surface area contributed by atoms with Gasteiger partial charge >= 0.3 is 0 Å². The number of carbonyl (C=O) groups excluding carboxylic acids is 1. The van der Waals surface area contributed by atoms with E-state index in [1.54, 1.807) is 13.0 Å². The van der Waals surface area contributed by atoms with Gasteiger partial charge in [-0.05, 0) is 74.7 Å². The van der Waals surface area contributed by atoms with Crippen molar-refractivity contribution in [2.24, 2.45) is 5.92 Å². The molecule has 1 saturated heterocycles. The van der Waals surface area contributed by atoms with Crippen molar-refractivity contribution in [2.75, 3.05) is 13.1 Å². The summed E-state index contributed by atoms with van der Waals surface area (Å²) in [5, 5.41) is 2.93. The Morgan fingerprint density at radius 2 is 1.81 bits per heavy atom. The summed E-state index contributed by atoms with van der Waals surface area (Å²) >= 11 is 0. The fourth-order valence-corrected chi connectivity index (χ4v) is 3.58. The number of hydrogen-bond donors (Lipinski definition) is 1. The van der Waals surface area contributed by atoms with Crippen molar-refractivity contribution in [1.29, 1.82) is 0 Å². The van der Waals surface area contributed by atoms with Crippen LogP contribution in [0.1, 0.15) is 42.5 Å². The molecule has 0 bridgehead atoms. The van der Waals surface area contributed by atoms with Crippen molar-refractivity contribution in [3.8, 4) is 0 Å². The fourth-order valence-electron chi connectivity index (χ4n) is 3.58. The number of amides is 1. The SMILES string of the molecule is Cc1ccc(CNC(=O)C2CCN(C(C)c3ccc(F)cc3)CC2)cc1F. The van der Waals surface area contributed by atoms with E-state index in [0.29, 0.717) is 12.1 Å². The number of aryl methyl sites for hydroxylation is 1. The lowest BCUT2D eigenvalue weighted by molar-refractivity contribution is -0.126. The number of hydrogen-bond acceptors (Lipinski definition) is 2. The van der Waals surface area contributed by atoms with Gasteiger partial charge in [0.2, 0.25) is 5.91 Å². The summed E-state index contributed by atoms with van der Waals surface area (Å²) in [6.07, 6.45) is 1.58.